The molecule has 1 aliphatic carbocycles. The number of rotatable bonds is 6. The van der Waals surface area contributed by atoms with E-state index in [0.717, 1.165) is 6.08 Å². The van der Waals surface area contributed by atoms with E-state index in [0.29, 0.717) is 37.8 Å². The minimum atomic E-state index is -1.14. The van der Waals surface area contributed by atoms with Crippen LogP contribution in [0.5, 0.6) is 0 Å². The van der Waals surface area contributed by atoms with Crippen molar-refractivity contribution in [2.45, 2.75) is 17.7 Å². The number of nitrogens with zero attached hydrogens (tertiary/aromatic N) is 3. The summed E-state index contributed by atoms with van der Waals surface area (Å²) in [6.45, 7) is 5.49. The highest BCUT2D eigenvalue weighted by molar-refractivity contribution is 6.38. The van der Waals surface area contributed by atoms with Crippen LogP contribution in [0.1, 0.15) is 34.2 Å². The lowest BCUT2D eigenvalue weighted by Crippen LogP contribution is -2.36. The zero-order chi connectivity index (χ0) is 27.9. The van der Waals surface area contributed by atoms with Gasteiger partial charge in [-0.05, 0) is 61.1 Å². The molecule has 2 atom stereocenters. The number of alkyl halides is 1. The second-order valence-corrected chi connectivity index (χ2v) is 10.3. The molecule has 0 aliphatic heterocycles. The molecule has 39 heavy (non-hydrogen) atoms. The molecule has 0 fully saturated rings. The first-order valence-electron chi connectivity index (χ1n) is 11.7. The Kier molecular flexibility index (Phi) is 7.07. The van der Waals surface area contributed by atoms with Crippen LogP contribution in [0, 0.1) is 0 Å². The number of carboxylic acid groups (broad SMARTS) is 1. The topological polar surface area (TPSA) is 98.2 Å². The smallest absolute Gasteiger partial charge is 0.328 e. The van der Waals surface area contributed by atoms with E-state index in [-0.39, 0.29) is 17.0 Å². The van der Waals surface area contributed by atoms with Crippen molar-refractivity contribution in [2.24, 2.45) is 0 Å². The molecule has 0 radical (unpaired) electrons. The van der Waals surface area contributed by atoms with Crippen LogP contribution < -0.4 is 0 Å². The van der Waals surface area contributed by atoms with E-state index in [1.54, 1.807) is 73.9 Å². The summed E-state index contributed by atoms with van der Waals surface area (Å²) in [5.74, 6) is -1.33. The van der Waals surface area contributed by atoms with E-state index in [2.05, 4.69) is 16.7 Å². The maximum atomic E-state index is 14.3. The number of carboxylic acids is 1. The molecule has 0 saturated heterocycles. The van der Waals surface area contributed by atoms with E-state index >= 15 is 0 Å². The Labute approximate surface area is 238 Å². The molecule has 7 nitrogen and oxygen atoms in total. The number of carbonyl (C=O) groups is 2. The van der Waals surface area contributed by atoms with Gasteiger partial charge in [0.15, 0.2) is 5.76 Å². The van der Waals surface area contributed by atoms with Crippen LogP contribution in [0.4, 0.5) is 0 Å². The lowest BCUT2D eigenvalue weighted by atomic mass is 9.77. The standard InChI is InChI=1S/C29H20Cl3N3O4/c1-3-19-9-7-17(15-33-19)26-25(27(34-39-26)29(2)22(31)13-18(30)14-23(29)32)28(38)35-12-11-20-16(8-10-24(36)37)5-4-6-21(20)35/h3-15,22H,1H2,2H3,(H,36,37)/b10-8+. The van der Waals surface area contributed by atoms with Gasteiger partial charge in [-0.15, -0.1) is 11.6 Å². The number of fused-ring (bicyclic) bond motifs is 1. The van der Waals surface area contributed by atoms with Crippen molar-refractivity contribution in [3.8, 4) is 11.3 Å². The highest BCUT2D eigenvalue weighted by atomic mass is 35.5. The first-order valence-corrected chi connectivity index (χ1v) is 12.9. The lowest BCUT2D eigenvalue weighted by molar-refractivity contribution is -0.131. The van der Waals surface area contributed by atoms with E-state index in [4.69, 9.17) is 44.4 Å². The molecule has 4 aromatic rings. The van der Waals surface area contributed by atoms with Crippen LogP contribution in [-0.2, 0) is 10.2 Å². The average molecular weight is 581 g/mol. The molecule has 0 spiro atoms. The van der Waals surface area contributed by atoms with Crippen molar-refractivity contribution in [1.29, 1.82) is 0 Å². The number of benzene rings is 1. The Morgan fingerprint density at radius 3 is 2.67 bits per heavy atom. The maximum Gasteiger partial charge on any atom is 0.328 e. The Morgan fingerprint density at radius 2 is 2.00 bits per heavy atom. The highest BCUT2D eigenvalue weighted by Gasteiger charge is 2.46. The molecular weight excluding hydrogens is 561 g/mol. The zero-order valence-corrected chi connectivity index (χ0v) is 22.7. The molecule has 0 bridgehead atoms. The van der Waals surface area contributed by atoms with Crippen molar-refractivity contribution in [3.63, 3.8) is 0 Å². The first-order chi connectivity index (χ1) is 18.6. The molecule has 3 aromatic heterocycles. The third-order valence-electron chi connectivity index (χ3n) is 6.66. The van der Waals surface area contributed by atoms with Gasteiger partial charge in [0, 0.05) is 39.5 Å². The number of pyridine rings is 1. The number of hydrogen-bond acceptors (Lipinski definition) is 5. The molecule has 1 N–H and O–H groups in total. The molecule has 2 unspecified atom stereocenters. The van der Waals surface area contributed by atoms with Crippen LogP contribution in [0.2, 0.25) is 0 Å². The zero-order valence-electron chi connectivity index (χ0n) is 20.4. The van der Waals surface area contributed by atoms with Crippen LogP contribution >= 0.6 is 34.8 Å². The monoisotopic (exact) mass is 579 g/mol. The summed E-state index contributed by atoms with van der Waals surface area (Å²) < 4.78 is 7.25. The number of aromatic nitrogens is 3. The number of carbonyl (C=O) groups excluding carboxylic acids is 1. The van der Waals surface area contributed by atoms with Gasteiger partial charge in [-0.3, -0.25) is 14.3 Å². The summed E-state index contributed by atoms with van der Waals surface area (Å²) in [5.41, 5.74) is 1.62. The Balaban J connectivity index is 1.73. The summed E-state index contributed by atoms with van der Waals surface area (Å²) in [6.07, 6.45) is 10.5. The third kappa shape index (κ3) is 4.63. The maximum absolute atomic E-state index is 14.3. The van der Waals surface area contributed by atoms with Crippen LogP contribution in [0.3, 0.4) is 0 Å². The SMILES string of the molecule is C=Cc1ccc(-c2onc(C3(C)C(Cl)=CC(Cl)=CC3Cl)c2C(=O)n2ccc3c(/C=C/C(=O)O)cccc32)cn1. The predicted molar refractivity (Wildman–Crippen MR) is 153 cm³/mol. The molecular formula is C29H20Cl3N3O4. The van der Waals surface area contributed by atoms with Gasteiger partial charge in [0.25, 0.3) is 5.91 Å². The van der Waals surface area contributed by atoms with Gasteiger partial charge in [0.2, 0.25) is 0 Å². The van der Waals surface area contributed by atoms with E-state index in [1.165, 1.54) is 10.6 Å². The van der Waals surface area contributed by atoms with E-state index in [1.807, 2.05) is 0 Å². The third-order valence-corrected chi connectivity index (χ3v) is 7.96. The summed E-state index contributed by atoms with van der Waals surface area (Å²) in [4.78, 5) is 29.7. The summed E-state index contributed by atoms with van der Waals surface area (Å²) in [6, 6.07) is 10.5. The Morgan fingerprint density at radius 1 is 1.21 bits per heavy atom. The molecule has 0 amide bonds. The molecule has 196 valence electrons. The van der Waals surface area contributed by atoms with Crippen LogP contribution in [-0.4, -0.2) is 37.1 Å². The fourth-order valence-corrected chi connectivity index (χ4v) is 5.59. The van der Waals surface area contributed by atoms with Crippen molar-refractivity contribution >= 4 is 69.7 Å². The average Bonchev–Trinajstić information content (AvgIpc) is 3.56. The summed E-state index contributed by atoms with van der Waals surface area (Å²) in [7, 11) is 0. The van der Waals surface area contributed by atoms with Gasteiger partial charge in [0.1, 0.15) is 11.3 Å². The summed E-state index contributed by atoms with van der Waals surface area (Å²) >= 11 is 19.7. The largest absolute Gasteiger partial charge is 0.478 e. The van der Waals surface area contributed by atoms with Crippen molar-refractivity contribution in [1.82, 2.24) is 14.7 Å². The normalized spacial score (nSPS) is 19.2. The number of halogens is 3. The second kappa shape index (κ2) is 10.3. The minimum Gasteiger partial charge on any atom is -0.478 e. The van der Waals surface area contributed by atoms with Crippen molar-refractivity contribution in [3.05, 3.63) is 106 Å². The molecule has 1 aliphatic rings. The van der Waals surface area contributed by atoms with Gasteiger partial charge in [0.05, 0.1) is 22.0 Å². The van der Waals surface area contributed by atoms with Crippen molar-refractivity contribution in [2.75, 3.05) is 0 Å². The van der Waals surface area contributed by atoms with Gasteiger partial charge in [-0.1, -0.05) is 47.1 Å². The summed E-state index contributed by atoms with van der Waals surface area (Å²) in [5, 5.41) is 14.0. The predicted octanol–water partition coefficient (Wildman–Crippen LogP) is 7.24. The van der Waals surface area contributed by atoms with Crippen LogP contribution in [0.25, 0.3) is 34.4 Å². The Bertz CT molecular complexity index is 1730. The lowest BCUT2D eigenvalue weighted by Gasteiger charge is -2.33. The molecule has 0 saturated carbocycles. The van der Waals surface area contributed by atoms with Crippen LogP contribution in [0.15, 0.2) is 88.2 Å². The van der Waals surface area contributed by atoms with Gasteiger partial charge in [-0.2, -0.15) is 0 Å². The Hall–Kier alpha value is -3.91. The number of aliphatic carboxylic acids is 1. The van der Waals surface area contributed by atoms with E-state index < -0.39 is 22.7 Å². The van der Waals surface area contributed by atoms with E-state index in [9.17, 15) is 9.59 Å². The minimum absolute atomic E-state index is 0.151. The van der Waals surface area contributed by atoms with Gasteiger partial charge < -0.3 is 9.63 Å². The molecule has 1 aromatic carbocycles. The number of hydrogen-bond donors (Lipinski definition) is 1. The van der Waals surface area contributed by atoms with Gasteiger partial charge in [-0.25, -0.2) is 4.79 Å². The highest BCUT2D eigenvalue weighted by Crippen LogP contribution is 2.47. The first kappa shape index (κ1) is 26.7. The number of allylic oxidation sites excluding steroid dienone is 4. The van der Waals surface area contributed by atoms with Crippen molar-refractivity contribution < 1.29 is 19.2 Å². The van der Waals surface area contributed by atoms with Gasteiger partial charge >= 0.3 is 5.97 Å². The fourth-order valence-electron chi connectivity index (χ4n) is 4.50. The molecule has 10 heteroatoms. The molecule has 3 heterocycles. The second-order valence-electron chi connectivity index (χ2n) is 9.00. The fraction of sp³-hybridized carbons (Fsp3) is 0.103. The quantitative estimate of drug-likeness (QED) is 0.191. The molecule has 5 rings (SSSR count).